The van der Waals surface area contributed by atoms with E-state index >= 15 is 0 Å². The SMILES string of the molecule is CSCC[C@@H](NC(=O)c1ccco1)C(=O)N1C[C@H](C)O[C@@H](C)C1. The third kappa shape index (κ3) is 5.00. The van der Waals surface area contributed by atoms with Crippen molar-refractivity contribution in [3.63, 3.8) is 0 Å². The molecule has 0 aliphatic carbocycles. The lowest BCUT2D eigenvalue weighted by Crippen LogP contribution is -2.55. The molecular formula is C16H24N2O4S. The number of nitrogens with one attached hydrogen (secondary N) is 1. The lowest BCUT2D eigenvalue weighted by Gasteiger charge is -2.37. The average molecular weight is 340 g/mol. The molecule has 1 N–H and O–H groups in total. The van der Waals surface area contributed by atoms with E-state index in [1.807, 2.05) is 20.1 Å². The van der Waals surface area contributed by atoms with Crippen LogP contribution in [0.2, 0.25) is 0 Å². The quantitative estimate of drug-likeness (QED) is 0.854. The Bertz CT molecular complexity index is 510. The van der Waals surface area contributed by atoms with Crippen LogP contribution < -0.4 is 5.32 Å². The third-order valence-electron chi connectivity index (χ3n) is 3.69. The van der Waals surface area contributed by atoms with E-state index in [2.05, 4.69) is 5.32 Å². The van der Waals surface area contributed by atoms with E-state index in [4.69, 9.17) is 9.15 Å². The second kappa shape index (κ2) is 8.40. The second-order valence-electron chi connectivity index (χ2n) is 5.79. The van der Waals surface area contributed by atoms with Crippen molar-refractivity contribution in [1.29, 1.82) is 0 Å². The molecule has 0 aromatic carbocycles. The molecule has 1 saturated heterocycles. The van der Waals surface area contributed by atoms with E-state index in [1.54, 1.807) is 28.8 Å². The molecule has 1 aromatic heterocycles. The number of carbonyl (C=O) groups excluding carboxylic acids is 2. The number of nitrogens with zero attached hydrogens (tertiary/aromatic N) is 1. The van der Waals surface area contributed by atoms with Gasteiger partial charge in [0.2, 0.25) is 5.91 Å². The van der Waals surface area contributed by atoms with Crippen LogP contribution in [0.4, 0.5) is 0 Å². The molecule has 0 saturated carbocycles. The number of hydrogen-bond donors (Lipinski definition) is 1. The molecule has 1 aliphatic heterocycles. The second-order valence-corrected chi connectivity index (χ2v) is 6.77. The van der Waals surface area contributed by atoms with Crippen molar-refractivity contribution < 1.29 is 18.7 Å². The molecule has 2 amide bonds. The number of amides is 2. The number of rotatable bonds is 6. The Balaban J connectivity index is 2.04. The lowest BCUT2D eigenvalue weighted by atomic mass is 10.1. The highest BCUT2D eigenvalue weighted by molar-refractivity contribution is 7.98. The molecule has 2 heterocycles. The Morgan fingerprint density at radius 1 is 1.39 bits per heavy atom. The molecule has 0 bridgehead atoms. The molecule has 6 nitrogen and oxygen atoms in total. The maximum absolute atomic E-state index is 12.8. The van der Waals surface area contributed by atoms with Gasteiger partial charge in [0.1, 0.15) is 6.04 Å². The molecular weight excluding hydrogens is 316 g/mol. The predicted molar refractivity (Wildman–Crippen MR) is 89.6 cm³/mol. The molecule has 1 aromatic rings. The van der Waals surface area contributed by atoms with Crippen molar-refractivity contribution in [3.8, 4) is 0 Å². The zero-order valence-corrected chi connectivity index (χ0v) is 14.6. The number of morpholine rings is 1. The van der Waals surface area contributed by atoms with E-state index in [9.17, 15) is 9.59 Å². The first kappa shape index (κ1) is 17.9. The Labute approximate surface area is 140 Å². The van der Waals surface area contributed by atoms with Gasteiger partial charge in [0.25, 0.3) is 5.91 Å². The Hall–Kier alpha value is -1.47. The van der Waals surface area contributed by atoms with Crippen LogP contribution in [0.3, 0.4) is 0 Å². The van der Waals surface area contributed by atoms with Crippen molar-refractivity contribution in [2.75, 3.05) is 25.1 Å². The largest absolute Gasteiger partial charge is 0.459 e. The Morgan fingerprint density at radius 2 is 2.09 bits per heavy atom. The van der Waals surface area contributed by atoms with Gasteiger partial charge in [-0.1, -0.05) is 0 Å². The van der Waals surface area contributed by atoms with Gasteiger partial charge in [-0.15, -0.1) is 0 Å². The van der Waals surface area contributed by atoms with Gasteiger partial charge in [-0.25, -0.2) is 0 Å². The van der Waals surface area contributed by atoms with Gasteiger partial charge < -0.3 is 19.4 Å². The van der Waals surface area contributed by atoms with Crippen molar-refractivity contribution in [3.05, 3.63) is 24.2 Å². The number of hydrogen-bond acceptors (Lipinski definition) is 5. The summed E-state index contributed by atoms with van der Waals surface area (Å²) >= 11 is 1.65. The molecule has 2 rings (SSSR count). The van der Waals surface area contributed by atoms with Crippen LogP contribution in [-0.2, 0) is 9.53 Å². The summed E-state index contributed by atoms with van der Waals surface area (Å²) in [5.74, 6) is 0.602. The molecule has 0 radical (unpaired) electrons. The summed E-state index contributed by atoms with van der Waals surface area (Å²) in [7, 11) is 0. The van der Waals surface area contributed by atoms with Crippen LogP contribution in [0.5, 0.6) is 0 Å². The standard InChI is InChI=1S/C16H24N2O4S/c1-11-9-18(10-12(2)22-11)16(20)13(6-8-23-3)17-15(19)14-5-4-7-21-14/h4-5,7,11-13H,6,8-10H2,1-3H3,(H,17,19)/t11-,12-,13+/m0/s1. The molecule has 3 atom stereocenters. The normalized spacial score (nSPS) is 22.7. The highest BCUT2D eigenvalue weighted by Gasteiger charge is 2.31. The lowest BCUT2D eigenvalue weighted by molar-refractivity contribution is -0.145. The van der Waals surface area contributed by atoms with Crippen LogP contribution >= 0.6 is 11.8 Å². The van der Waals surface area contributed by atoms with Crippen LogP contribution in [-0.4, -0.2) is 60.1 Å². The van der Waals surface area contributed by atoms with Crippen LogP contribution in [0.25, 0.3) is 0 Å². The zero-order chi connectivity index (χ0) is 16.8. The minimum atomic E-state index is -0.544. The van der Waals surface area contributed by atoms with Gasteiger partial charge >= 0.3 is 0 Å². The van der Waals surface area contributed by atoms with Crippen molar-refractivity contribution >= 4 is 23.6 Å². The monoisotopic (exact) mass is 340 g/mol. The highest BCUT2D eigenvalue weighted by atomic mass is 32.2. The highest BCUT2D eigenvalue weighted by Crippen LogP contribution is 2.14. The molecule has 1 aliphatic rings. The van der Waals surface area contributed by atoms with Gasteiger partial charge in [0, 0.05) is 13.1 Å². The molecule has 0 unspecified atom stereocenters. The maximum Gasteiger partial charge on any atom is 0.287 e. The Morgan fingerprint density at radius 3 is 2.65 bits per heavy atom. The summed E-state index contributed by atoms with van der Waals surface area (Å²) in [6.07, 6.45) is 4.02. The van der Waals surface area contributed by atoms with Gasteiger partial charge in [0.05, 0.1) is 18.5 Å². The summed E-state index contributed by atoms with van der Waals surface area (Å²) in [5.41, 5.74) is 0. The summed E-state index contributed by atoms with van der Waals surface area (Å²) in [6, 6.07) is 2.70. The first-order valence-corrected chi connectivity index (χ1v) is 9.18. The number of carbonyl (C=O) groups is 2. The molecule has 23 heavy (non-hydrogen) atoms. The van der Waals surface area contributed by atoms with Gasteiger partial charge in [0.15, 0.2) is 5.76 Å². The minimum absolute atomic E-state index is 0.00433. The van der Waals surface area contributed by atoms with Gasteiger partial charge in [-0.3, -0.25) is 9.59 Å². The van der Waals surface area contributed by atoms with Gasteiger partial charge in [-0.05, 0) is 44.4 Å². The van der Waals surface area contributed by atoms with Gasteiger partial charge in [-0.2, -0.15) is 11.8 Å². The molecule has 1 fully saturated rings. The van der Waals surface area contributed by atoms with Crippen molar-refractivity contribution in [2.24, 2.45) is 0 Å². The van der Waals surface area contributed by atoms with Crippen molar-refractivity contribution in [1.82, 2.24) is 10.2 Å². The topological polar surface area (TPSA) is 71.8 Å². The molecule has 7 heteroatoms. The van der Waals surface area contributed by atoms with Crippen LogP contribution in [0, 0.1) is 0 Å². The smallest absolute Gasteiger partial charge is 0.287 e. The first-order valence-electron chi connectivity index (χ1n) is 7.78. The third-order valence-corrected chi connectivity index (χ3v) is 4.33. The van der Waals surface area contributed by atoms with E-state index in [1.165, 1.54) is 6.26 Å². The van der Waals surface area contributed by atoms with Crippen LogP contribution in [0.1, 0.15) is 30.8 Å². The molecule has 0 spiro atoms. The van der Waals surface area contributed by atoms with E-state index < -0.39 is 6.04 Å². The predicted octanol–water partition coefficient (Wildman–Crippen LogP) is 1.77. The van der Waals surface area contributed by atoms with Crippen molar-refractivity contribution in [2.45, 2.75) is 38.5 Å². The number of ether oxygens (including phenoxy) is 1. The Kier molecular flexibility index (Phi) is 6.53. The zero-order valence-electron chi connectivity index (χ0n) is 13.8. The fourth-order valence-electron chi connectivity index (χ4n) is 2.71. The fourth-order valence-corrected chi connectivity index (χ4v) is 3.18. The van der Waals surface area contributed by atoms with E-state index in [-0.39, 0.29) is 29.8 Å². The summed E-state index contributed by atoms with van der Waals surface area (Å²) < 4.78 is 10.8. The average Bonchev–Trinajstić information content (AvgIpc) is 3.04. The maximum atomic E-state index is 12.8. The first-order chi connectivity index (χ1) is 11.0. The molecule has 128 valence electrons. The minimum Gasteiger partial charge on any atom is -0.459 e. The fraction of sp³-hybridized carbons (Fsp3) is 0.625. The number of furan rings is 1. The van der Waals surface area contributed by atoms with E-state index in [0.717, 1.165) is 5.75 Å². The summed E-state index contributed by atoms with van der Waals surface area (Å²) in [4.78, 5) is 26.8. The summed E-state index contributed by atoms with van der Waals surface area (Å²) in [6.45, 7) is 5.01. The summed E-state index contributed by atoms with van der Waals surface area (Å²) in [5, 5.41) is 2.80. The van der Waals surface area contributed by atoms with E-state index in [0.29, 0.717) is 19.5 Å². The number of thioether (sulfide) groups is 1. The van der Waals surface area contributed by atoms with Crippen LogP contribution in [0.15, 0.2) is 22.8 Å².